The van der Waals surface area contributed by atoms with E-state index >= 15 is 0 Å². The molecule has 1 aromatic heterocycles. The van der Waals surface area contributed by atoms with E-state index in [1.165, 1.54) is 25.3 Å². The highest BCUT2D eigenvalue weighted by molar-refractivity contribution is 5.80. The Bertz CT molecular complexity index is 707. The first-order valence-corrected chi connectivity index (χ1v) is 6.47. The van der Waals surface area contributed by atoms with Crippen LogP contribution in [0.5, 0.6) is 5.75 Å². The Morgan fingerprint density at radius 3 is 2.67 bits per heavy atom. The van der Waals surface area contributed by atoms with Crippen LogP contribution in [-0.4, -0.2) is 18.2 Å². The van der Waals surface area contributed by atoms with Crippen molar-refractivity contribution in [2.24, 2.45) is 4.99 Å². The molecular weight excluding hydrogens is 271 g/mol. The second-order valence-electron chi connectivity index (χ2n) is 4.86. The maximum Gasteiger partial charge on any atom is 0.240 e. The van der Waals surface area contributed by atoms with Crippen LogP contribution in [0.15, 0.2) is 35.6 Å². The summed E-state index contributed by atoms with van der Waals surface area (Å²) in [6.45, 7) is 3.82. The molecule has 2 aromatic rings. The number of pyridine rings is 1. The van der Waals surface area contributed by atoms with Crippen LogP contribution in [0.4, 0.5) is 10.1 Å². The molecule has 0 spiro atoms. The summed E-state index contributed by atoms with van der Waals surface area (Å²) in [5.74, 6) is 0.176. The van der Waals surface area contributed by atoms with Gasteiger partial charge < -0.3 is 4.74 Å². The molecule has 0 saturated heterocycles. The third-order valence-electron chi connectivity index (χ3n) is 3.14. The van der Waals surface area contributed by atoms with Gasteiger partial charge in [-0.05, 0) is 29.7 Å². The Labute approximate surface area is 122 Å². The Balaban J connectivity index is 2.74. The van der Waals surface area contributed by atoms with Crippen molar-refractivity contribution in [3.8, 4) is 16.9 Å². The van der Waals surface area contributed by atoms with E-state index in [0.29, 0.717) is 28.1 Å². The van der Waals surface area contributed by atoms with Crippen LogP contribution in [-0.2, 0) is 4.79 Å². The number of hydrogen-bond donors (Lipinski definition) is 0. The minimum atomic E-state index is -0.388. The quantitative estimate of drug-likeness (QED) is 0.631. The Morgan fingerprint density at radius 1 is 1.29 bits per heavy atom. The zero-order valence-corrected chi connectivity index (χ0v) is 12.1. The average Bonchev–Trinajstić information content (AvgIpc) is 2.48. The molecule has 2 rings (SSSR count). The molecular formula is C16H15FN2O2. The lowest BCUT2D eigenvalue weighted by atomic mass is 9.95. The summed E-state index contributed by atoms with van der Waals surface area (Å²) in [4.78, 5) is 18.5. The van der Waals surface area contributed by atoms with Crippen molar-refractivity contribution in [1.29, 1.82) is 0 Å². The minimum Gasteiger partial charge on any atom is -0.495 e. The topological polar surface area (TPSA) is 51.6 Å². The number of aliphatic imine (C=N–C) groups is 1. The number of halogens is 1. The van der Waals surface area contributed by atoms with Crippen LogP contribution in [0.2, 0.25) is 0 Å². The number of isocyanates is 1. The number of rotatable bonds is 4. The van der Waals surface area contributed by atoms with Gasteiger partial charge in [-0.2, -0.15) is 4.99 Å². The molecule has 1 aromatic carbocycles. The van der Waals surface area contributed by atoms with Gasteiger partial charge in [0.15, 0.2) is 0 Å². The Kier molecular flexibility index (Phi) is 4.45. The minimum absolute atomic E-state index is 0.0186. The van der Waals surface area contributed by atoms with Gasteiger partial charge in [-0.3, -0.25) is 4.98 Å². The molecule has 0 N–H and O–H groups in total. The van der Waals surface area contributed by atoms with Crippen LogP contribution in [0.25, 0.3) is 11.1 Å². The molecule has 4 nitrogen and oxygen atoms in total. The molecule has 0 aliphatic rings. The number of benzene rings is 1. The molecule has 0 aliphatic carbocycles. The second-order valence-corrected chi connectivity index (χ2v) is 4.86. The van der Waals surface area contributed by atoms with E-state index in [2.05, 4.69) is 9.98 Å². The molecule has 0 atom stereocenters. The fourth-order valence-corrected chi connectivity index (χ4v) is 2.13. The predicted octanol–water partition coefficient (Wildman–Crippen LogP) is 3.99. The molecule has 0 radical (unpaired) electrons. The zero-order chi connectivity index (χ0) is 15.4. The van der Waals surface area contributed by atoms with Gasteiger partial charge in [-0.25, -0.2) is 9.18 Å². The highest BCUT2D eigenvalue weighted by atomic mass is 19.1. The maximum absolute atomic E-state index is 13.9. The van der Waals surface area contributed by atoms with Crippen molar-refractivity contribution in [3.63, 3.8) is 0 Å². The smallest absolute Gasteiger partial charge is 0.240 e. The molecule has 0 fully saturated rings. The van der Waals surface area contributed by atoms with Crippen LogP contribution in [0.1, 0.15) is 25.3 Å². The van der Waals surface area contributed by atoms with Gasteiger partial charge in [0, 0.05) is 17.3 Å². The van der Waals surface area contributed by atoms with Crippen LogP contribution in [0.3, 0.4) is 0 Å². The molecule has 0 unspecified atom stereocenters. The predicted molar refractivity (Wildman–Crippen MR) is 78.1 cm³/mol. The number of aromatic nitrogens is 1. The van der Waals surface area contributed by atoms with Gasteiger partial charge in [0.05, 0.1) is 19.0 Å². The molecule has 0 amide bonds. The summed E-state index contributed by atoms with van der Waals surface area (Å²) < 4.78 is 19.0. The third-order valence-corrected chi connectivity index (χ3v) is 3.14. The standard InChI is InChI=1S/C16H15FN2O2/c1-10(2)14-5-12(17)6-15(16(14)19-9-20)11-4-13(21-3)8-18-7-11/h4-8,10H,1-3H3. The maximum atomic E-state index is 13.9. The fraction of sp³-hybridized carbons (Fsp3) is 0.250. The molecule has 5 heteroatoms. The number of ether oxygens (including phenoxy) is 1. The molecule has 0 aliphatic heterocycles. The first-order chi connectivity index (χ1) is 10.1. The van der Waals surface area contributed by atoms with Crippen LogP contribution < -0.4 is 4.74 Å². The van der Waals surface area contributed by atoms with Gasteiger partial charge in [0.25, 0.3) is 0 Å². The van der Waals surface area contributed by atoms with E-state index in [0.717, 1.165) is 0 Å². The first-order valence-electron chi connectivity index (χ1n) is 6.47. The van der Waals surface area contributed by atoms with Crippen molar-refractivity contribution in [3.05, 3.63) is 42.0 Å². The lowest BCUT2D eigenvalue weighted by molar-refractivity contribution is 0.413. The van der Waals surface area contributed by atoms with E-state index in [1.54, 1.807) is 18.5 Å². The van der Waals surface area contributed by atoms with Crippen LogP contribution in [0, 0.1) is 5.82 Å². The molecule has 1 heterocycles. The summed E-state index contributed by atoms with van der Waals surface area (Å²) in [7, 11) is 1.52. The lowest BCUT2D eigenvalue weighted by Crippen LogP contribution is -1.94. The highest BCUT2D eigenvalue weighted by Crippen LogP contribution is 2.38. The van der Waals surface area contributed by atoms with Crippen LogP contribution >= 0.6 is 0 Å². The van der Waals surface area contributed by atoms with Crippen molar-refractivity contribution >= 4 is 11.8 Å². The van der Waals surface area contributed by atoms with E-state index in [4.69, 9.17) is 4.74 Å². The molecule has 108 valence electrons. The van der Waals surface area contributed by atoms with E-state index < -0.39 is 0 Å². The Morgan fingerprint density at radius 2 is 2.05 bits per heavy atom. The summed E-state index contributed by atoms with van der Waals surface area (Å²) in [5, 5.41) is 0. The van der Waals surface area contributed by atoms with Crippen molar-refractivity contribution in [2.75, 3.05) is 7.11 Å². The Hall–Kier alpha value is -2.52. The highest BCUT2D eigenvalue weighted by Gasteiger charge is 2.15. The number of nitrogens with zero attached hydrogens (tertiary/aromatic N) is 2. The summed E-state index contributed by atoms with van der Waals surface area (Å²) in [6.07, 6.45) is 4.66. The summed E-state index contributed by atoms with van der Waals surface area (Å²) in [5.41, 5.74) is 2.19. The lowest BCUT2D eigenvalue weighted by Gasteiger charge is -2.14. The van der Waals surface area contributed by atoms with Crippen molar-refractivity contribution < 1.29 is 13.9 Å². The van der Waals surface area contributed by atoms with E-state index in [9.17, 15) is 9.18 Å². The second kappa shape index (κ2) is 6.29. The normalized spacial score (nSPS) is 10.3. The van der Waals surface area contributed by atoms with Crippen molar-refractivity contribution in [2.45, 2.75) is 19.8 Å². The van der Waals surface area contributed by atoms with E-state index in [1.807, 2.05) is 13.8 Å². The van der Waals surface area contributed by atoms with Gasteiger partial charge >= 0.3 is 0 Å². The van der Waals surface area contributed by atoms with Gasteiger partial charge in [-0.15, -0.1) is 0 Å². The SMILES string of the molecule is COc1cncc(-c2cc(F)cc(C(C)C)c2N=C=O)c1. The first kappa shape index (κ1) is 14.9. The van der Waals surface area contributed by atoms with Gasteiger partial charge in [0.2, 0.25) is 6.08 Å². The summed E-state index contributed by atoms with van der Waals surface area (Å²) >= 11 is 0. The summed E-state index contributed by atoms with van der Waals surface area (Å²) in [6, 6.07) is 4.44. The van der Waals surface area contributed by atoms with Gasteiger partial charge in [-0.1, -0.05) is 13.8 Å². The monoisotopic (exact) mass is 286 g/mol. The zero-order valence-electron chi connectivity index (χ0n) is 12.1. The molecule has 21 heavy (non-hydrogen) atoms. The third kappa shape index (κ3) is 3.15. The largest absolute Gasteiger partial charge is 0.495 e. The number of hydrogen-bond acceptors (Lipinski definition) is 4. The van der Waals surface area contributed by atoms with Crippen molar-refractivity contribution in [1.82, 2.24) is 4.98 Å². The van der Waals surface area contributed by atoms with E-state index in [-0.39, 0.29) is 11.7 Å². The fourth-order valence-electron chi connectivity index (χ4n) is 2.13. The average molecular weight is 286 g/mol. The number of methoxy groups -OCH3 is 1. The number of carbonyl (C=O) groups excluding carboxylic acids is 1. The molecule has 0 bridgehead atoms. The molecule has 0 saturated carbocycles. The van der Waals surface area contributed by atoms with Gasteiger partial charge in [0.1, 0.15) is 11.6 Å².